The monoisotopic (exact) mass is 431 g/mol. The predicted molar refractivity (Wildman–Crippen MR) is 123 cm³/mol. The Hall–Kier alpha value is -2.59. The summed E-state index contributed by atoms with van der Waals surface area (Å²) >= 11 is 6.07. The molecule has 0 unspecified atom stereocenters. The smallest absolute Gasteiger partial charge is 0.253 e. The molecule has 0 aliphatic heterocycles. The van der Waals surface area contributed by atoms with E-state index in [4.69, 9.17) is 11.6 Å². The number of H-pyrrole nitrogens is 1. The fourth-order valence-corrected chi connectivity index (χ4v) is 6.68. The second kappa shape index (κ2) is 7.52. The van der Waals surface area contributed by atoms with Crippen molar-refractivity contribution in [1.29, 1.82) is 0 Å². The number of aromatic amines is 1. The van der Waals surface area contributed by atoms with Crippen LogP contribution in [-0.4, -0.2) is 21.9 Å². The van der Waals surface area contributed by atoms with Gasteiger partial charge in [-0.2, -0.15) is 0 Å². The van der Waals surface area contributed by atoms with Crippen molar-refractivity contribution in [2.75, 3.05) is 0 Å². The van der Waals surface area contributed by atoms with Crippen LogP contribution in [0.3, 0.4) is 0 Å². The Kier molecular flexibility index (Phi) is 4.64. The normalized spacial score (nSPS) is 28.6. The van der Waals surface area contributed by atoms with Gasteiger partial charge < -0.3 is 10.3 Å². The van der Waals surface area contributed by atoms with Gasteiger partial charge in [0.05, 0.1) is 11.3 Å². The third kappa shape index (κ3) is 3.47. The summed E-state index contributed by atoms with van der Waals surface area (Å²) in [5, 5.41) is 4.17. The average Bonchev–Trinajstić information content (AvgIpc) is 3.22. The Bertz CT molecular complexity index is 1080. The van der Waals surface area contributed by atoms with Gasteiger partial charge in [0.15, 0.2) is 0 Å². The molecular weight excluding hydrogens is 406 g/mol. The highest BCUT2D eigenvalue weighted by Crippen LogP contribution is 2.53. The van der Waals surface area contributed by atoms with Crippen molar-refractivity contribution in [1.82, 2.24) is 15.3 Å². The van der Waals surface area contributed by atoms with Crippen molar-refractivity contribution >= 4 is 17.5 Å². The minimum Gasteiger partial charge on any atom is -0.354 e. The zero-order valence-electron chi connectivity index (χ0n) is 17.4. The molecule has 4 aliphatic rings. The van der Waals surface area contributed by atoms with Crippen molar-refractivity contribution in [3.8, 4) is 22.5 Å². The highest BCUT2D eigenvalue weighted by Gasteiger charge is 2.48. The third-order valence-electron chi connectivity index (χ3n) is 7.71. The lowest BCUT2D eigenvalue weighted by atomic mass is 9.54. The number of hydrogen-bond acceptors (Lipinski definition) is 2. The van der Waals surface area contributed by atoms with Gasteiger partial charge in [0.25, 0.3) is 5.91 Å². The molecule has 2 N–H and O–H groups in total. The Morgan fingerprint density at radius 2 is 1.55 bits per heavy atom. The topological polar surface area (TPSA) is 57.8 Å². The molecule has 2 heterocycles. The van der Waals surface area contributed by atoms with Crippen LogP contribution in [0.25, 0.3) is 22.5 Å². The number of carbonyl (C=O) groups is 1. The number of nitrogens with one attached hydrogen (secondary N) is 2. The number of halogens is 1. The molecule has 158 valence electrons. The number of nitrogens with zero attached hydrogens (tertiary/aromatic N) is 1. The predicted octanol–water partition coefficient (Wildman–Crippen LogP) is 5.95. The summed E-state index contributed by atoms with van der Waals surface area (Å²) in [6, 6.07) is 13.9. The van der Waals surface area contributed by atoms with E-state index in [0.717, 1.165) is 34.4 Å². The molecule has 5 heteroatoms. The van der Waals surface area contributed by atoms with Gasteiger partial charge in [-0.15, -0.1) is 0 Å². The summed E-state index contributed by atoms with van der Waals surface area (Å²) < 4.78 is 0. The van der Waals surface area contributed by atoms with Crippen LogP contribution in [0.15, 0.2) is 54.9 Å². The summed E-state index contributed by atoms with van der Waals surface area (Å²) in [6.07, 6.45) is 10.1. The van der Waals surface area contributed by atoms with Crippen molar-refractivity contribution in [3.05, 3.63) is 65.4 Å². The number of hydrogen-bond donors (Lipinski definition) is 2. The van der Waals surface area contributed by atoms with Crippen LogP contribution < -0.4 is 5.32 Å². The number of carbonyl (C=O) groups excluding carboxylic acids is 1. The molecule has 4 nitrogen and oxygen atoms in total. The maximum absolute atomic E-state index is 13.6. The van der Waals surface area contributed by atoms with E-state index in [1.807, 2.05) is 42.5 Å². The fourth-order valence-electron chi connectivity index (χ4n) is 6.55. The molecule has 3 aromatic rings. The molecule has 1 aromatic carbocycles. The second-order valence-electron chi connectivity index (χ2n) is 9.64. The summed E-state index contributed by atoms with van der Waals surface area (Å²) in [7, 11) is 0. The molecule has 0 spiro atoms. The lowest BCUT2D eigenvalue weighted by Gasteiger charge is -2.54. The SMILES string of the molecule is O=C(NC1C2CC3CC(C2)CC1C3)c1cc(-c2ccc(Cl)cc2)[nH]c1-c1ccncc1. The first-order valence-electron chi connectivity index (χ1n) is 11.3. The number of pyridine rings is 1. The van der Waals surface area contributed by atoms with Gasteiger partial charge >= 0.3 is 0 Å². The fraction of sp³-hybridized carbons (Fsp3) is 0.385. The number of amides is 1. The molecule has 0 atom stereocenters. The van der Waals surface area contributed by atoms with Gasteiger partial charge in [-0.25, -0.2) is 0 Å². The first-order valence-corrected chi connectivity index (χ1v) is 11.7. The highest BCUT2D eigenvalue weighted by molar-refractivity contribution is 6.30. The van der Waals surface area contributed by atoms with Crippen molar-refractivity contribution in [2.45, 2.75) is 38.1 Å². The first kappa shape index (κ1) is 19.1. The lowest BCUT2D eigenvalue weighted by Crippen LogP contribution is -2.55. The number of aromatic nitrogens is 2. The first-order chi connectivity index (χ1) is 15.1. The van der Waals surface area contributed by atoms with E-state index >= 15 is 0 Å². The molecule has 4 saturated carbocycles. The molecule has 0 radical (unpaired) electrons. The van der Waals surface area contributed by atoms with Crippen LogP contribution in [0.5, 0.6) is 0 Å². The Morgan fingerprint density at radius 1 is 0.903 bits per heavy atom. The van der Waals surface area contributed by atoms with Crippen LogP contribution in [0.1, 0.15) is 42.5 Å². The molecule has 4 fully saturated rings. The van der Waals surface area contributed by atoms with E-state index in [0.29, 0.717) is 28.5 Å². The number of rotatable bonds is 4. The van der Waals surface area contributed by atoms with Gasteiger partial charge in [-0.05, 0) is 91.7 Å². The van der Waals surface area contributed by atoms with Crippen molar-refractivity contribution in [2.24, 2.45) is 23.7 Å². The quantitative estimate of drug-likeness (QED) is 0.536. The van der Waals surface area contributed by atoms with E-state index < -0.39 is 0 Å². The highest BCUT2D eigenvalue weighted by atomic mass is 35.5. The van der Waals surface area contributed by atoms with Gasteiger partial charge in [-0.3, -0.25) is 9.78 Å². The maximum atomic E-state index is 13.6. The zero-order valence-corrected chi connectivity index (χ0v) is 18.1. The molecule has 2 aromatic heterocycles. The summed E-state index contributed by atoms with van der Waals surface area (Å²) in [4.78, 5) is 21.2. The lowest BCUT2D eigenvalue weighted by molar-refractivity contribution is -0.0119. The minimum absolute atomic E-state index is 0.0285. The molecule has 0 saturated heterocycles. The average molecular weight is 432 g/mol. The van der Waals surface area contributed by atoms with Crippen LogP contribution in [0.4, 0.5) is 0 Å². The Morgan fingerprint density at radius 3 is 2.19 bits per heavy atom. The standard InChI is InChI=1S/C26H26ClN3O/c27-21-3-1-17(2-4-21)23-14-22(25(29-23)18-5-7-28-8-6-18)26(31)30-24-19-10-15-9-16(12-19)13-20(24)11-15/h1-8,14-16,19-20,24,29H,9-13H2,(H,30,31). The zero-order chi connectivity index (χ0) is 20.9. The minimum atomic E-state index is 0.0285. The van der Waals surface area contributed by atoms with Crippen molar-refractivity contribution < 1.29 is 4.79 Å². The molecule has 4 aliphatic carbocycles. The molecule has 4 bridgehead atoms. The largest absolute Gasteiger partial charge is 0.354 e. The summed E-state index contributed by atoms with van der Waals surface area (Å²) in [5.41, 5.74) is 4.43. The van der Waals surface area contributed by atoms with E-state index in [9.17, 15) is 4.79 Å². The number of benzene rings is 1. The van der Waals surface area contributed by atoms with Crippen LogP contribution in [0, 0.1) is 23.7 Å². The van der Waals surface area contributed by atoms with E-state index in [1.54, 1.807) is 12.4 Å². The molecule has 7 rings (SSSR count). The van der Waals surface area contributed by atoms with Crippen LogP contribution in [-0.2, 0) is 0 Å². The molecule has 1 amide bonds. The van der Waals surface area contributed by atoms with Gasteiger partial charge in [-0.1, -0.05) is 23.7 Å². The van der Waals surface area contributed by atoms with E-state index in [1.165, 1.54) is 32.1 Å². The Balaban J connectivity index is 1.34. The Labute approximate surface area is 187 Å². The van der Waals surface area contributed by atoms with E-state index in [2.05, 4.69) is 15.3 Å². The van der Waals surface area contributed by atoms with Gasteiger partial charge in [0, 0.05) is 34.7 Å². The summed E-state index contributed by atoms with van der Waals surface area (Å²) in [5.74, 6) is 3.12. The van der Waals surface area contributed by atoms with Gasteiger partial charge in [0.2, 0.25) is 0 Å². The van der Waals surface area contributed by atoms with Crippen LogP contribution >= 0.6 is 11.6 Å². The van der Waals surface area contributed by atoms with Crippen LogP contribution in [0.2, 0.25) is 5.02 Å². The maximum Gasteiger partial charge on any atom is 0.253 e. The molecular formula is C26H26ClN3O. The van der Waals surface area contributed by atoms with Crippen molar-refractivity contribution in [3.63, 3.8) is 0 Å². The third-order valence-corrected chi connectivity index (χ3v) is 7.96. The van der Waals surface area contributed by atoms with E-state index in [-0.39, 0.29) is 5.91 Å². The van der Waals surface area contributed by atoms with Gasteiger partial charge in [0.1, 0.15) is 0 Å². The summed E-state index contributed by atoms with van der Waals surface area (Å²) in [6.45, 7) is 0. The second-order valence-corrected chi connectivity index (χ2v) is 10.1. The molecule has 31 heavy (non-hydrogen) atoms.